The molecule has 0 saturated carbocycles. The van der Waals surface area contributed by atoms with Gasteiger partial charge in [-0.2, -0.15) is 4.98 Å². The van der Waals surface area contributed by atoms with E-state index in [0.29, 0.717) is 0 Å². The summed E-state index contributed by atoms with van der Waals surface area (Å²) in [6, 6.07) is 1.16. The van der Waals surface area contributed by atoms with E-state index in [0.717, 1.165) is 6.07 Å². The second kappa shape index (κ2) is 4.41. The Labute approximate surface area is 95.9 Å². The SMILES string of the molecule is Nc1nc(=O)ccn1[C@@H]1O[C@H](CO)[C@H](O)[C@@H]1O. The van der Waals surface area contributed by atoms with Gasteiger partial charge in [-0.3, -0.25) is 9.36 Å². The van der Waals surface area contributed by atoms with E-state index in [9.17, 15) is 15.0 Å². The van der Waals surface area contributed by atoms with Gasteiger partial charge in [0.1, 0.15) is 18.3 Å². The van der Waals surface area contributed by atoms with E-state index in [4.69, 9.17) is 15.6 Å². The van der Waals surface area contributed by atoms with Crippen molar-refractivity contribution in [2.24, 2.45) is 0 Å². The quantitative estimate of drug-likeness (QED) is 0.449. The average molecular weight is 243 g/mol. The van der Waals surface area contributed by atoms with Crippen molar-refractivity contribution in [3.8, 4) is 0 Å². The summed E-state index contributed by atoms with van der Waals surface area (Å²) < 4.78 is 6.46. The largest absolute Gasteiger partial charge is 0.394 e. The van der Waals surface area contributed by atoms with Crippen LogP contribution in [0.25, 0.3) is 0 Å². The lowest BCUT2D eigenvalue weighted by atomic mass is 10.1. The molecule has 1 aliphatic heterocycles. The number of ether oxygens (including phenoxy) is 1. The van der Waals surface area contributed by atoms with Crippen LogP contribution in [-0.4, -0.2) is 49.8 Å². The van der Waals surface area contributed by atoms with Gasteiger partial charge >= 0.3 is 0 Å². The minimum absolute atomic E-state index is 0.132. The van der Waals surface area contributed by atoms with Gasteiger partial charge in [-0.1, -0.05) is 0 Å². The van der Waals surface area contributed by atoms with Gasteiger partial charge in [-0.05, 0) is 0 Å². The zero-order valence-electron chi connectivity index (χ0n) is 8.80. The Morgan fingerprint density at radius 1 is 1.47 bits per heavy atom. The summed E-state index contributed by atoms with van der Waals surface area (Å²) in [5, 5.41) is 28.2. The molecule has 1 aromatic heterocycles. The number of nitrogens with two attached hydrogens (primary N) is 1. The first-order valence-electron chi connectivity index (χ1n) is 5.01. The van der Waals surface area contributed by atoms with E-state index in [1.165, 1.54) is 10.8 Å². The molecule has 17 heavy (non-hydrogen) atoms. The molecule has 8 nitrogen and oxygen atoms in total. The number of aliphatic hydroxyl groups excluding tert-OH is 3. The topological polar surface area (TPSA) is 131 Å². The minimum atomic E-state index is -1.25. The molecule has 2 rings (SSSR count). The second-order valence-corrected chi connectivity index (χ2v) is 3.76. The number of hydrogen-bond donors (Lipinski definition) is 4. The Bertz CT molecular complexity index is 462. The third-order valence-corrected chi connectivity index (χ3v) is 2.66. The summed E-state index contributed by atoms with van der Waals surface area (Å²) in [4.78, 5) is 14.4. The van der Waals surface area contributed by atoms with Crippen LogP contribution in [0.3, 0.4) is 0 Å². The summed E-state index contributed by atoms with van der Waals surface area (Å²) in [6.07, 6.45) is -3.03. The number of nitrogen functional groups attached to an aromatic ring is 1. The molecule has 0 radical (unpaired) electrons. The highest BCUT2D eigenvalue weighted by molar-refractivity contribution is 5.17. The molecule has 0 amide bonds. The first-order valence-corrected chi connectivity index (χ1v) is 5.01. The fraction of sp³-hybridized carbons (Fsp3) is 0.556. The predicted molar refractivity (Wildman–Crippen MR) is 55.9 cm³/mol. The monoisotopic (exact) mass is 243 g/mol. The number of anilines is 1. The Balaban J connectivity index is 2.32. The molecule has 1 fully saturated rings. The van der Waals surface area contributed by atoms with Crippen molar-refractivity contribution in [1.82, 2.24) is 9.55 Å². The van der Waals surface area contributed by atoms with E-state index in [-0.39, 0.29) is 5.95 Å². The van der Waals surface area contributed by atoms with E-state index >= 15 is 0 Å². The summed E-state index contributed by atoms with van der Waals surface area (Å²) >= 11 is 0. The fourth-order valence-corrected chi connectivity index (χ4v) is 1.75. The maximum atomic E-state index is 10.9. The van der Waals surface area contributed by atoms with Gasteiger partial charge in [0.2, 0.25) is 5.95 Å². The average Bonchev–Trinajstić information content (AvgIpc) is 2.57. The zero-order valence-corrected chi connectivity index (χ0v) is 8.80. The maximum absolute atomic E-state index is 10.9. The smallest absolute Gasteiger partial charge is 0.274 e. The lowest BCUT2D eigenvalue weighted by Crippen LogP contribution is -2.33. The summed E-state index contributed by atoms with van der Waals surface area (Å²) in [5.41, 5.74) is 5.00. The summed E-state index contributed by atoms with van der Waals surface area (Å²) in [7, 11) is 0. The van der Waals surface area contributed by atoms with Crippen molar-refractivity contribution in [2.45, 2.75) is 24.5 Å². The molecule has 1 aliphatic rings. The van der Waals surface area contributed by atoms with Gasteiger partial charge in [0.15, 0.2) is 6.23 Å². The van der Waals surface area contributed by atoms with Crippen LogP contribution >= 0.6 is 0 Å². The van der Waals surface area contributed by atoms with Gasteiger partial charge in [0.25, 0.3) is 5.56 Å². The first kappa shape index (κ1) is 12.0. The zero-order chi connectivity index (χ0) is 12.6. The molecule has 1 aromatic rings. The molecule has 94 valence electrons. The number of aliphatic hydroxyl groups is 3. The van der Waals surface area contributed by atoms with Crippen LogP contribution in [-0.2, 0) is 4.74 Å². The first-order chi connectivity index (χ1) is 8.04. The molecular weight excluding hydrogens is 230 g/mol. The number of aromatic nitrogens is 2. The molecule has 0 bridgehead atoms. The molecule has 0 aromatic carbocycles. The number of hydrogen-bond acceptors (Lipinski definition) is 7. The third-order valence-electron chi connectivity index (χ3n) is 2.66. The predicted octanol–water partition coefficient (Wildman–Crippen LogP) is -2.56. The van der Waals surface area contributed by atoms with Crippen LogP contribution in [0.15, 0.2) is 17.1 Å². The second-order valence-electron chi connectivity index (χ2n) is 3.76. The normalized spacial score (nSPS) is 32.9. The van der Waals surface area contributed by atoms with E-state index in [1.807, 2.05) is 0 Å². The lowest BCUT2D eigenvalue weighted by Gasteiger charge is -2.19. The molecular formula is C9H13N3O5. The standard InChI is InChI=1S/C9H13N3O5/c10-9-11-5(14)1-2-12(9)8-7(16)6(15)4(3-13)17-8/h1-2,4,6-8,13,15-16H,3H2,(H2,10,11,14)/t4-,6+,7+,8-/m1/s1. The van der Waals surface area contributed by atoms with Crippen molar-refractivity contribution in [2.75, 3.05) is 12.3 Å². The van der Waals surface area contributed by atoms with Crippen molar-refractivity contribution >= 4 is 5.95 Å². The van der Waals surface area contributed by atoms with Crippen LogP contribution < -0.4 is 11.3 Å². The molecule has 1 saturated heterocycles. The van der Waals surface area contributed by atoms with Crippen molar-refractivity contribution in [3.63, 3.8) is 0 Å². The molecule has 0 spiro atoms. The highest BCUT2D eigenvalue weighted by Crippen LogP contribution is 2.29. The van der Waals surface area contributed by atoms with E-state index in [2.05, 4.69) is 4.98 Å². The maximum Gasteiger partial charge on any atom is 0.274 e. The molecule has 2 heterocycles. The molecule has 4 atom stereocenters. The molecule has 0 unspecified atom stereocenters. The van der Waals surface area contributed by atoms with Crippen molar-refractivity contribution in [3.05, 3.63) is 22.6 Å². The third kappa shape index (κ3) is 2.03. The van der Waals surface area contributed by atoms with Crippen LogP contribution in [0.5, 0.6) is 0 Å². The Morgan fingerprint density at radius 3 is 2.71 bits per heavy atom. The molecule has 5 N–H and O–H groups in total. The minimum Gasteiger partial charge on any atom is -0.394 e. The van der Waals surface area contributed by atoms with Crippen LogP contribution in [0.1, 0.15) is 6.23 Å². The van der Waals surface area contributed by atoms with Crippen LogP contribution in [0.2, 0.25) is 0 Å². The van der Waals surface area contributed by atoms with E-state index in [1.54, 1.807) is 0 Å². The van der Waals surface area contributed by atoms with Gasteiger partial charge in [0.05, 0.1) is 6.61 Å². The molecule has 0 aliphatic carbocycles. The Kier molecular flexibility index (Phi) is 3.11. The van der Waals surface area contributed by atoms with E-state index < -0.39 is 36.7 Å². The summed E-state index contributed by atoms with van der Waals surface area (Å²) in [5.74, 6) is -0.132. The van der Waals surface area contributed by atoms with Crippen molar-refractivity contribution in [1.29, 1.82) is 0 Å². The molecule has 8 heteroatoms. The lowest BCUT2D eigenvalue weighted by molar-refractivity contribution is -0.0523. The van der Waals surface area contributed by atoms with Gasteiger partial charge in [0, 0.05) is 12.3 Å². The number of rotatable bonds is 2. The Hall–Kier alpha value is -1.48. The highest BCUT2D eigenvalue weighted by atomic mass is 16.6. The van der Waals surface area contributed by atoms with Gasteiger partial charge in [-0.15, -0.1) is 0 Å². The van der Waals surface area contributed by atoms with Gasteiger partial charge in [-0.25, -0.2) is 0 Å². The fourth-order valence-electron chi connectivity index (χ4n) is 1.75. The van der Waals surface area contributed by atoms with Crippen LogP contribution in [0, 0.1) is 0 Å². The Morgan fingerprint density at radius 2 is 2.18 bits per heavy atom. The van der Waals surface area contributed by atoms with Crippen molar-refractivity contribution < 1.29 is 20.1 Å². The highest BCUT2D eigenvalue weighted by Gasteiger charge is 2.43. The summed E-state index contributed by atoms with van der Waals surface area (Å²) in [6.45, 7) is -0.428. The number of nitrogens with zero attached hydrogens (tertiary/aromatic N) is 2. The van der Waals surface area contributed by atoms with Crippen LogP contribution in [0.4, 0.5) is 5.95 Å². The van der Waals surface area contributed by atoms with Gasteiger partial charge < -0.3 is 25.8 Å².